The molecule has 0 heterocycles. The second-order valence-electron chi connectivity index (χ2n) is 4.40. The van der Waals surface area contributed by atoms with Crippen LogP contribution in [-0.2, 0) is 0 Å². The van der Waals surface area contributed by atoms with Gasteiger partial charge in [0, 0.05) is 12.8 Å². The summed E-state index contributed by atoms with van der Waals surface area (Å²) in [7, 11) is 0. The highest BCUT2D eigenvalue weighted by molar-refractivity contribution is 4.86. The normalized spacial score (nSPS) is 40.5. The molecule has 0 aromatic heterocycles. The SMILES string of the molecule is FC1(F)CC[C@@H]2CCCC[C@H]2C1. The standard InChI is InChI=1S/C10H16F2/c11-10(12)6-5-8-3-1-2-4-9(8)7-10/h8-9H,1-7H2/t8-,9-/m0/s1. The second kappa shape index (κ2) is 2.97. The summed E-state index contributed by atoms with van der Waals surface area (Å²) in [4.78, 5) is 0. The van der Waals surface area contributed by atoms with Crippen molar-refractivity contribution in [2.45, 2.75) is 50.9 Å². The third kappa shape index (κ3) is 1.62. The maximum Gasteiger partial charge on any atom is 0.248 e. The van der Waals surface area contributed by atoms with Gasteiger partial charge in [-0.15, -0.1) is 0 Å². The topological polar surface area (TPSA) is 0 Å². The fourth-order valence-corrected chi connectivity index (χ4v) is 2.82. The molecule has 0 nitrogen and oxygen atoms in total. The van der Waals surface area contributed by atoms with E-state index in [2.05, 4.69) is 0 Å². The van der Waals surface area contributed by atoms with Crippen LogP contribution in [0.2, 0.25) is 0 Å². The van der Waals surface area contributed by atoms with Crippen LogP contribution in [0.5, 0.6) is 0 Å². The number of halogens is 2. The number of rotatable bonds is 0. The van der Waals surface area contributed by atoms with Gasteiger partial charge in [0.1, 0.15) is 0 Å². The lowest BCUT2D eigenvalue weighted by Crippen LogP contribution is -2.34. The van der Waals surface area contributed by atoms with Gasteiger partial charge in [0.25, 0.3) is 0 Å². The minimum atomic E-state index is -2.33. The first-order chi connectivity index (χ1) is 5.67. The van der Waals surface area contributed by atoms with E-state index in [9.17, 15) is 8.78 Å². The van der Waals surface area contributed by atoms with Crippen molar-refractivity contribution >= 4 is 0 Å². The summed E-state index contributed by atoms with van der Waals surface area (Å²) in [6.45, 7) is 0. The van der Waals surface area contributed by atoms with Gasteiger partial charge >= 0.3 is 0 Å². The van der Waals surface area contributed by atoms with Gasteiger partial charge in [0.2, 0.25) is 5.92 Å². The molecule has 0 aromatic carbocycles. The molecular formula is C10H16F2. The molecule has 2 heteroatoms. The maximum absolute atomic E-state index is 13.0. The summed E-state index contributed by atoms with van der Waals surface area (Å²) in [6.07, 6.45) is 5.81. The van der Waals surface area contributed by atoms with E-state index in [1.165, 1.54) is 19.3 Å². The van der Waals surface area contributed by atoms with Crippen LogP contribution in [0.25, 0.3) is 0 Å². The van der Waals surface area contributed by atoms with Crippen molar-refractivity contribution in [2.24, 2.45) is 11.8 Å². The van der Waals surface area contributed by atoms with Crippen LogP contribution in [0.4, 0.5) is 8.78 Å². The molecule has 0 spiro atoms. The average molecular weight is 174 g/mol. The lowest BCUT2D eigenvalue weighted by molar-refractivity contribution is -0.0771. The Morgan fingerprint density at radius 2 is 1.58 bits per heavy atom. The first-order valence-electron chi connectivity index (χ1n) is 5.05. The Kier molecular flexibility index (Phi) is 2.09. The molecule has 0 aliphatic heterocycles. The lowest BCUT2D eigenvalue weighted by Gasteiger charge is -2.39. The maximum atomic E-state index is 13.0. The smallest absolute Gasteiger partial charge is 0.207 e. The molecular weight excluding hydrogens is 158 g/mol. The summed E-state index contributed by atoms with van der Waals surface area (Å²) in [5.74, 6) is -1.35. The van der Waals surface area contributed by atoms with Gasteiger partial charge in [-0.3, -0.25) is 0 Å². The summed E-state index contributed by atoms with van der Waals surface area (Å²) >= 11 is 0. The lowest BCUT2D eigenvalue weighted by atomic mass is 9.70. The Morgan fingerprint density at radius 3 is 2.33 bits per heavy atom. The third-order valence-electron chi connectivity index (χ3n) is 3.51. The molecule has 0 radical (unpaired) electrons. The van der Waals surface area contributed by atoms with Crippen LogP contribution in [-0.4, -0.2) is 5.92 Å². The van der Waals surface area contributed by atoms with Crippen LogP contribution < -0.4 is 0 Å². The molecule has 2 aliphatic carbocycles. The van der Waals surface area contributed by atoms with E-state index in [0.717, 1.165) is 12.8 Å². The quantitative estimate of drug-likeness (QED) is 0.526. The fraction of sp³-hybridized carbons (Fsp3) is 1.00. The van der Waals surface area contributed by atoms with Gasteiger partial charge in [-0.25, -0.2) is 8.78 Å². The molecule has 0 unspecified atom stereocenters. The van der Waals surface area contributed by atoms with Crippen LogP contribution in [0, 0.1) is 11.8 Å². The van der Waals surface area contributed by atoms with Crippen LogP contribution >= 0.6 is 0 Å². The third-order valence-corrected chi connectivity index (χ3v) is 3.51. The summed E-state index contributed by atoms with van der Waals surface area (Å²) in [5, 5.41) is 0. The van der Waals surface area contributed by atoms with Crippen molar-refractivity contribution in [2.75, 3.05) is 0 Å². The van der Waals surface area contributed by atoms with Crippen molar-refractivity contribution in [3.8, 4) is 0 Å². The predicted octanol–water partition coefficient (Wildman–Crippen LogP) is 3.61. The Hall–Kier alpha value is -0.140. The van der Waals surface area contributed by atoms with Crippen LogP contribution in [0.1, 0.15) is 44.9 Å². The Morgan fingerprint density at radius 1 is 0.917 bits per heavy atom. The molecule has 0 N–H and O–H groups in total. The first-order valence-corrected chi connectivity index (χ1v) is 5.05. The highest BCUT2D eigenvalue weighted by atomic mass is 19.3. The van der Waals surface area contributed by atoms with Gasteiger partial charge in [-0.2, -0.15) is 0 Å². The Bertz CT molecular complexity index is 165. The van der Waals surface area contributed by atoms with Crippen molar-refractivity contribution in [3.05, 3.63) is 0 Å². The van der Waals surface area contributed by atoms with Gasteiger partial charge in [-0.05, 0) is 24.7 Å². The zero-order valence-electron chi connectivity index (χ0n) is 7.36. The fourth-order valence-electron chi connectivity index (χ4n) is 2.82. The predicted molar refractivity (Wildman–Crippen MR) is 44.2 cm³/mol. The minimum Gasteiger partial charge on any atom is -0.207 e. The summed E-state index contributed by atoms with van der Waals surface area (Å²) in [6, 6.07) is 0. The van der Waals surface area contributed by atoms with Crippen LogP contribution in [0.15, 0.2) is 0 Å². The molecule has 0 saturated heterocycles. The van der Waals surface area contributed by atoms with Crippen molar-refractivity contribution in [3.63, 3.8) is 0 Å². The molecule has 0 amide bonds. The first kappa shape index (κ1) is 8.46. The molecule has 0 bridgehead atoms. The molecule has 2 atom stereocenters. The minimum absolute atomic E-state index is 0.147. The van der Waals surface area contributed by atoms with Gasteiger partial charge in [0.15, 0.2) is 0 Å². The average Bonchev–Trinajstić information content (AvgIpc) is 2.02. The zero-order valence-corrected chi connectivity index (χ0v) is 7.36. The van der Waals surface area contributed by atoms with Gasteiger partial charge in [-0.1, -0.05) is 19.3 Å². The molecule has 2 saturated carbocycles. The van der Waals surface area contributed by atoms with E-state index in [-0.39, 0.29) is 12.8 Å². The molecule has 70 valence electrons. The van der Waals surface area contributed by atoms with E-state index < -0.39 is 5.92 Å². The van der Waals surface area contributed by atoms with E-state index >= 15 is 0 Å². The molecule has 2 aliphatic rings. The molecule has 12 heavy (non-hydrogen) atoms. The van der Waals surface area contributed by atoms with Crippen molar-refractivity contribution in [1.29, 1.82) is 0 Å². The number of hydrogen-bond donors (Lipinski definition) is 0. The second-order valence-corrected chi connectivity index (χ2v) is 4.40. The van der Waals surface area contributed by atoms with Gasteiger partial charge < -0.3 is 0 Å². The molecule has 2 fully saturated rings. The van der Waals surface area contributed by atoms with Crippen molar-refractivity contribution < 1.29 is 8.78 Å². The molecule has 0 aromatic rings. The zero-order chi connectivity index (χ0) is 8.60. The highest BCUT2D eigenvalue weighted by Gasteiger charge is 2.41. The Labute approximate surface area is 72.3 Å². The van der Waals surface area contributed by atoms with E-state index in [0.29, 0.717) is 11.8 Å². The van der Waals surface area contributed by atoms with Gasteiger partial charge in [0.05, 0.1) is 0 Å². The number of fused-ring (bicyclic) bond motifs is 1. The van der Waals surface area contributed by atoms with E-state index in [4.69, 9.17) is 0 Å². The number of alkyl halides is 2. The van der Waals surface area contributed by atoms with Crippen LogP contribution in [0.3, 0.4) is 0 Å². The monoisotopic (exact) mass is 174 g/mol. The highest BCUT2D eigenvalue weighted by Crippen LogP contribution is 2.46. The van der Waals surface area contributed by atoms with E-state index in [1.807, 2.05) is 0 Å². The van der Waals surface area contributed by atoms with E-state index in [1.54, 1.807) is 0 Å². The Balaban J connectivity index is 1.99. The summed E-state index contributed by atoms with van der Waals surface area (Å²) < 4.78 is 26.0. The molecule has 2 rings (SSSR count). The van der Waals surface area contributed by atoms with Crippen molar-refractivity contribution in [1.82, 2.24) is 0 Å². The number of hydrogen-bond acceptors (Lipinski definition) is 0. The largest absolute Gasteiger partial charge is 0.248 e. The summed E-state index contributed by atoms with van der Waals surface area (Å²) in [5.41, 5.74) is 0.